The molecule has 0 spiro atoms. The third-order valence-corrected chi connectivity index (χ3v) is 2.26. The molecule has 0 N–H and O–H groups in total. The minimum atomic E-state index is 1.05. The Morgan fingerprint density at radius 2 is 1.92 bits per heavy atom. The van der Waals surface area contributed by atoms with Gasteiger partial charge in [-0.25, -0.2) is 0 Å². The normalized spacial score (nSPS) is 10.2. The molecule has 1 heterocycles. The molecule has 0 saturated carbocycles. The van der Waals surface area contributed by atoms with Crippen molar-refractivity contribution >= 4 is 0 Å². The topological polar surface area (TPSA) is 12.9 Å². The van der Waals surface area contributed by atoms with Gasteiger partial charge in [0.05, 0.1) is 6.20 Å². The van der Waals surface area contributed by atoms with Crippen molar-refractivity contribution in [1.29, 1.82) is 0 Å². The molecular formula is C11H16N. The van der Waals surface area contributed by atoms with E-state index in [1.54, 1.807) is 0 Å². The van der Waals surface area contributed by atoms with Crippen LogP contribution in [0.3, 0.4) is 0 Å². The van der Waals surface area contributed by atoms with Crippen LogP contribution in [0.2, 0.25) is 0 Å². The van der Waals surface area contributed by atoms with Crippen LogP contribution in [0.1, 0.15) is 37.5 Å². The molecule has 1 aromatic rings. The van der Waals surface area contributed by atoms with E-state index in [0.29, 0.717) is 0 Å². The third-order valence-electron chi connectivity index (χ3n) is 2.26. The highest BCUT2D eigenvalue weighted by atomic mass is 14.6. The summed E-state index contributed by atoms with van der Waals surface area (Å²) in [6, 6.07) is 0. The second-order valence-electron chi connectivity index (χ2n) is 2.91. The molecule has 0 aromatic carbocycles. The maximum atomic E-state index is 4.11. The van der Waals surface area contributed by atoms with E-state index < -0.39 is 0 Å². The Kier molecular flexibility index (Phi) is 3.27. The van der Waals surface area contributed by atoms with Gasteiger partial charge in [0, 0.05) is 6.20 Å². The quantitative estimate of drug-likeness (QED) is 0.665. The van der Waals surface area contributed by atoms with Gasteiger partial charge in [-0.05, 0) is 36.0 Å². The summed E-state index contributed by atoms with van der Waals surface area (Å²) in [5.41, 5.74) is 4.12. The molecule has 0 aliphatic heterocycles. The molecule has 0 amide bonds. The molecule has 1 rings (SSSR count). The Labute approximate surface area is 74.8 Å². The third kappa shape index (κ3) is 1.66. The molecule has 0 saturated heterocycles. The highest BCUT2D eigenvalue weighted by Crippen LogP contribution is 2.14. The number of nitrogens with zero attached hydrogens (tertiary/aromatic N) is 1. The predicted molar refractivity (Wildman–Crippen MR) is 51.2 cm³/mol. The molecule has 0 unspecified atom stereocenters. The van der Waals surface area contributed by atoms with E-state index in [0.717, 1.165) is 19.3 Å². The van der Waals surface area contributed by atoms with Gasteiger partial charge in [-0.3, -0.25) is 4.98 Å². The summed E-state index contributed by atoms with van der Waals surface area (Å²) in [5.74, 6) is 0. The SMILES string of the molecule is CCc1[c]ncc(CC)c1CC. The minimum absolute atomic E-state index is 1.05. The van der Waals surface area contributed by atoms with Gasteiger partial charge < -0.3 is 0 Å². The lowest BCUT2D eigenvalue weighted by Gasteiger charge is -2.08. The van der Waals surface area contributed by atoms with Crippen LogP contribution in [0.4, 0.5) is 0 Å². The fourth-order valence-corrected chi connectivity index (χ4v) is 1.56. The first-order chi connectivity index (χ1) is 5.83. The van der Waals surface area contributed by atoms with Crippen molar-refractivity contribution in [3.8, 4) is 0 Å². The molecule has 1 aromatic heterocycles. The zero-order valence-corrected chi connectivity index (χ0v) is 8.15. The van der Waals surface area contributed by atoms with Crippen molar-refractivity contribution in [2.45, 2.75) is 40.0 Å². The van der Waals surface area contributed by atoms with E-state index in [9.17, 15) is 0 Å². The van der Waals surface area contributed by atoms with Gasteiger partial charge >= 0.3 is 0 Å². The summed E-state index contributed by atoms with van der Waals surface area (Å²) in [5, 5.41) is 0. The summed E-state index contributed by atoms with van der Waals surface area (Å²) >= 11 is 0. The first-order valence-electron chi connectivity index (χ1n) is 4.70. The second-order valence-corrected chi connectivity index (χ2v) is 2.91. The van der Waals surface area contributed by atoms with Crippen molar-refractivity contribution in [3.63, 3.8) is 0 Å². The van der Waals surface area contributed by atoms with Gasteiger partial charge in [0.15, 0.2) is 0 Å². The van der Waals surface area contributed by atoms with Gasteiger partial charge in [0.1, 0.15) is 0 Å². The highest BCUT2D eigenvalue weighted by molar-refractivity contribution is 5.31. The lowest BCUT2D eigenvalue weighted by Crippen LogP contribution is -1.98. The fourth-order valence-electron chi connectivity index (χ4n) is 1.56. The van der Waals surface area contributed by atoms with E-state index in [4.69, 9.17) is 0 Å². The van der Waals surface area contributed by atoms with Crippen LogP contribution in [0.25, 0.3) is 0 Å². The number of hydrogen-bond donors (Lipinski definition) is 0. The molecule has 1 nitrogen and oxygen atoms in total. The molecule has 0 aliphatic rings. The number of rotatable bonds is 3. The monoisotopic (exact) mass is 162 g/mol. The molecule has 0 fully saturated rings. The number of aromatic nitrogens is 1. The highest BCUT2D eigenvalue weighted by Gasteiger charge is 2.03. The largest absolute Gasteiger partial charge is 0.254 e. The lowest BCUT2D eigenvalue weighted by atomic mass is 9.99. The Hall–Kier alpha value is -0.850. The van der Waals surface area contributed by atoms with Crippen LogP contribution >= 0.6 is 0 Å². The maximum absolute atomic E-state index is 4.11. The fraction of sp³-hybridized carbons (Fsp3) is 0.545. The molecule has 0 atom stereocenters. The minimum Gasteiger partial charge on any atom is -0.254 e. The Bertz CT molecular complexity index is 231. The van der Waals surface area contributed by atoms with E-state index in [1.165, 1.54) is 16.7 Å². The van der Waals surface area contributed by atoms with E-state index in [-0.39, 0.29) is 0 Å². The summed E-state index contributed by atoms with van der Waals surface area (Å²) in [7, 11) is 0. The molecule has 0 bridgehead atoms. The lowest BCUT2D eigenvalue weighted by molar-refractivity contribution is 0.950. The molecule has 1 heteroatoms. The number of aryl methyl sites for hydroxylation is 2. The van der Waals surface area contributed by atoms with E-state index in [2.05, 4.69) is 32.0 Å². The summed E-state index contributed by atoms with van der Waals surface area (Å²) in [4.78, 5) is 4.11. The molecule has 1 radical (unpaired) electrons. The van der Waals surface area contributed by atoms with E-state index >= 15 is 0 Å². The van der Waals surface area contributed by atoms with Crippen LogP contribution in [0.15, 0.2) is 6.20 Å². The Balaban J connectivity index is 3.13. The molecule has 12 heavy (non-hydrogen) atoms. The van der Waals surface area contributed by atoms with Crippen LogP contribution in [0, 0.1) is 6.20 Å². The van der Waals surface area contributed by atoms with Crippen molar-refractivity contribution in [2.24, 2.45) is 0 Å². The van der Waals surface area contributed by atoms with Crippen LogP contribution in [0.5, 0.6) is 0 Å². The zero-order valence-electron chi connectivity index (χ0n) is 8.15. The first kappa shape index (κ1) is 9.24. The average molecular weight is 162 g/mol. The van der Waals surface area contributed by atoms with Crippen LogP contribution in [-0.2, 0) is 19.3 Å². The summed E-state index contributed by atoms with van der Waals surface area (Å²) < 4.78 is 0. The van der Waals surface area contributed by atoms with Crippen molar-refractivity contribution in [3.05, 3.63) is 29.1 Å². The zero-order chi connectivity index (χ0) is 8.97. The van der Waals surface area contributed by atoms with Crippen molar-refractivity contribution in [1.82, 2.24) is 4.98 Å². The van der Waals surface area contributed by atoms with Gasteiger partial charge in [0.2, 0.25) is 0 Å². The molecular weight excluding hydrogens is 146 g/mol. The molecule has 65 valence electrons. The standard InChI is InChI=1S/C11H16N/c1-4-9-7-12-8-10(5-2)11(9)6-3/h7H,4-6H2,1-3H3. The van der Waals surface area contributed by atoms with Gasteiger partial charge in [-0.15, -0.1) is 0 Å². The van der Waals surface area contributed by atoms with E-state index in [1.807, 2.05) is 6.20 Å². The summed E-state index contributed by atoms with van der Waals surface area (Å²) in [6.45, 7) is 6.53. The second kappa shape index (κ2) is 4.24. The Morgan fingerprint density at radius 3 is 2.42 bits per heavy atom. The van der Waals surface area contributed by atoms with Crippen molar-refractivity contribution < 1.29 is 0 Å². The Morgan fingerprint density at radius 1 is 1.17 bits per heavy atom. The average Bonchev–Trinajstić information content (AvgIpc) is 2.16. The van der Waals surface area contributed by atoms with Crippen molar-refractivity contribution in [2.75, 3.05) is 0 Å². The van der Waals surface area contributed by atoms with Crippen LogP contribution in [-0.4, -0.2) is 4.98 Å². The number of hydrogen-bond acceptors (Lipinski definition) is 1. The van der Waals surface area contributed by atoms with Gasteiger partial charge in [-0.1, -0.05) is 20.8 Å². The van der Waals surface area contributed by atoms with Gasteiger partial charge in [-0.2, -0.15) is 0 Å². The van der Waals surface area contributed by atoms with Crippen LogP contribution < -0.4 is 0 Å². The summed E-state index contributed by atoms with van der Waals surface area (Å²) in [6.07, 6.45) is 8.23. The number of pyridine rings is 1. The first-order valence-corrected chi connectivity index (χ1v) is 4.70. The predicted octanol–water partition coefficient (Wildman–Crippen LogP) is 2.57. The maximum Gasteiger partial charge on any atom is 0.0923 e. The van der Waals surface area contributed by atoms with Gasteiger partial charge in [0.25, 0.3) is 0 Å². The smallest absolute Gasteiger partial charge is 0.0923 e. The molecule has 0 aliphatic carbocycles.